The Hall–Kier alpha value is 0.1000. The van der Waals surface area contributed by atoms with Crippen molar-refractivity contribution in [3.05, 3.63) is 24.8 Å². The number of aliphatic hydroxyl groups excluding tert-OH is 2. The van der Waals surface area contributed by atoms with E-state index in [0.29, 0.717) is 5.75 Å². The Bertz CT molecular complexity index is 213. The van der Waals surface area contributed by atoms with Gasteiger partial charge in [0.1, 0.15) is 0 Å². The molecule has 0 aliphatic rings. The first kappa shape index (κ1) is 15.1. The van der Waals surface area contributed by atoms with Crippen molar-refractivity contribution in [1.29, 1.82) is 0 Å². The third-order valence-corrected chi connectivity index (χ3v) is 4.54. The zero-order valence-electron chi connectivity index (χ0n) is 9.15. The van der Waals surface area contributed by atoms with Gasteiger partial charge in [-0.05, 0) is 6.92 Å². The fraction of sp³-hybridized carbons (Fsp3) is 0.636. The average Bonchev–Trinajstić information content (AvgIpc) is 2.24. The monoisotopic (exact) mass is 248 g/mol. The molecular formula is C11H20O2S2. The maximum Gasteiger partial charge on any atom is 0.0531 e. The van der Waals surface area contributed by atoms with Crippen LogP contribution in [0.3, 0.4) is 0 Å². The first-order valence-corrected chi connectivity index (χ1v) is 6.45. The highest BCUT2D eigenvalue weighted by Gasteiger charge is 2.36. The Morgan fingerprint density at radius 1 is 1.53 bits per heavy atom. The smallest absolute Gasteiger partial charge is 0.0531 e. The van der Waals surface area contributed by atoms with Gasteiger partial charge in [0, 0.05) is 22.2 Å². The summed E-state index contributed by atoms with van der Waals surface area (Å²) < 4.78 is 0. The number of hydrogen-bond donors (Lipinski definition) is 3. The summed E-state index contributed by atoms with van der Waals surface area (Å²) in [6, 6.07) is 0. The molecule has 0 aromatic rings. The lowest BCUT2D eigenvalue weighted by Gasteiger charge is -2.35. The summed E-state index contributed by atoms with van der Waals surface area (Å²) in [5.74, 6) is 1.45. The normalized spacial score (nSPS) is 13.6. The number of hydrogen-bond acceptors (Lipinski definition) is 4. The molecule has 0 amide bonds. The summed E-state index contributed by atoms with van der Waals surface area (Å²) in [6.45, 7) is 9.13. The lowest BCUT2D eigenvalue weighted by molar-refractivity contribution is 0.0791. The Balaban J connectivity index is 4.55. The Morgan fingerprint density at radius 3 is 2.40 bits per heavy atom. The van der Waals surface area contributed by atoms with Crippen LogP contribution in [0.4, 0.5) is 0 Å². The summed E-state index contributed by atoms with van der Waals surface area (Å²) in [6.07, 6.45) is 1.80. The van der Waals surface area contributed by atoms with E-state index in [-0.39, 0.29) is 18.5 Å². The van der Waals surface area contributed by atoms with Gasteiger partial charge in [-0.15, -0.1) is 6.58 Å². The first-order chi connectivity index (χ1) is 7.04. The maximum atomic E-state index is 9.41. The Labute approximate surface area is 102 Å². The van der Waals surface area contributed by atoms with E-state index in [1.165, 1.54) is 0 Å². The predicted molar refractivity (Wildman–Crippen MR) is 71.7 cm³/mol. The van der Waals surface area contributed by atoms with Crippen molar-refractivity contribution in [2.24, 2.45) is 5.41 Å². The van der Waals surface area contributed by atoms with Crippen molar-refractivity contribution in [2.45, 2.75) is 12.2 Å². The Kier molecular flexibility index (Phi) is 7.44. The van der Waals surface area contributed by atoms with Crippen LogP contribution in [0.1, 0.15) is 6.92 Å². The van der Waals surface area contributed by atoms with E-state index in [4.69, 9.17) is 0 Å². The fourth-order valence-corrected chi connectivity index (χ4v) is 2.68. The zero-order valence-corrected chi connectivity index (χ0v) is 10.9. The summed E-state index contributed by atoms with van der Waals surface area (Å²) in [7, 11) is 0. The molecule has 0 saturated heterocycles. The average molecular weight is 248 g/mol. The summed E-state index contributed by atoms with van der Waals surface area (Å²) >= 11 is 6.04. The van der Waals surface area contributed by atoms with Crippen LogP contribution in [-0.4, -0.2) is 40.2 Å². The molecule has 4 heteroatoms. The van der Waals surface area contributed by atoms with Crippen LogP contribution in [0.5, 0.6) is 0 Å². The van der Waals surface area contributed by atoms with E-state index >= 15 is 0 Å². The molecule has 15 heavy (non-hydrogen) atoms. The molecule has 2 N–H and O–H groups in total. The van der Waals surface area contributed by atoms with Gasteiger partial charge in [-0.2, -0.15) is 24.4 Å². The molecule has 2 nitrogen and oxygen atoms in total. The van der Waals surface area contributed by atoms with Gasteiger partial charge in [0.05, 0.1) is 13.2 Å². The van der Waals surface area contributed by atoms with E-state index in [0.717, 1.165) is 11.3 Å². The van der Waals surface area contributed by atoms with Crippen molar-refractivity contribution >= 4 is 24.4 Å². The van der Waals surface area contributed by atoms with Crippen molar-refractivity contribution in [3.63, 3.8) is 0 Å². The molecule has 88 valence electrons. The zero-order chi connectivity index (χ0) is 11.9. The van der Waals surface area contributed by atoms with Crippen LogP contribution in [0, 0.1) is 5.41 Å². The molecule has 0 radical (unpaired) electrons. The van der Waals surface area contributed by atoms with Crippen LogP contribution in [-0.2, 0) is 0 Å². The van der Waals surface area contributed by atoms with Gasteiger partial charge in [-0.1, -0.05) is 18.2 Å². The van der Waals surface area contributed by atoms with Gasteiger partial charge in [0.15, 0.2) is 0 Å². The number of aliphatic hydroxyl groups is 2. The second kappa shape index (κ2) is 7.39. The standard InChI is InChI=1S/C11H20O2S2/c1-4-5-15-8-11(6-12,7-13)10(14)9(2)3/h4,10,12-14H,1-2,5-8H2,3H3. The minimum absolute atomic E-state index is 0.0886. The van der Waals surface area contributed by atoms with Gasteiger partial charge >= 0.3 is 0 Å². The van der Waals surface area contributed by atoms with Crippen molar-refractivity contribution in [1.82, 2.24) is 0 Å². The highest BCUT2D eigenvalue weighted by atomic mass is 32.2. The van der Waals surface area contributed by atoms with Crippen LogP contribution < -0.4 is 0 Å². The molecule has 0 spiro atoms. The molecular weight excluding hydrogens is 228 g/mol. The van der Waals surface area contributed by atoms with Crippen LogP contribution in [0.15, 0.2) is 24.8 Å². The third kappa shape index (κ3) is 4.23. The molecule has 0 aromatic heterocycles. The molecule has 0 aliphatic heterocycles. The van der Waals surface area contributed by atoms with E-state index in [1.807, 2.05) is 6.92 Å². The molecule has 0 aliphatic carbocycles. The molecule has 1 atom stereocenters. The topological polar surface area (TPSA) is 40.5 Å². The quantitative estimate of drug-likeness (QED) is 0.348. The highest BCUT2D eigenvalue weighted by Crippen LogP contribution is 2.33. The van der Waals surface area contributed by atoms with Gasteiger partial charge in [-0.25, -0.2) is 0 Å². The second-order valence-corrected chi connectivity index (χ2v) is 5.28. The molecule has 1 unspecified atom stereocenters. The van der Waals surface area contributed by atoms with Gasteiger partial charge < -0.3 is 10.2 Å². The maximum absolute atomic E-state index is 9.41. The van der Waals surface area contributed by atoms with Crippen LogP contribution in [0.2, 0.25) is 0 Å². The van der Waals surface area contributed by atoms with Crippen molar-refractivity contribution in [3.8, 4) is 0 Å². The minimum Gasteiger partial charge on any atom is -0.396 e. The lowest BCUT2D eigenvalue weighted by Crippen LogP contribution is -2.42. The number of rotatable bonds is 8. The van der Waals surface area contributed by atoms with E-state index in [1.54, 1.807) is 17.8 Å². The highest BCUT2D eigenvalue weighted by molar-refractivity contribution is 7.99. The van der Waals surface area contributed by atoms with E-state index < -0.39 is 5.41 Å². The molecule has 0 fully saturated rings. The second-order valence-electron chi connectivity index (χ2n) is 3.73. The summed E-state index contributed by atoms with van der Waals surface area (Å²) in [5.41, 5.74) is 0.267. The first-order valence-electron chi connectivity index (χ1n) is 4.78. The molecule has 0 bridgehead atoms. The summed E-state index contributed by atoms with van der Waals surface area (Å²) in [5, 5.41) is 18.6. The molecule has 0 heterocycles. The number of thioether (sulfide) groups is 1. The minimum atomic E-state index is -0.595. The van der Waals surface area contributed by atoms with Crippen molar-refractivity contribution < 1.29 is 10.2 Å². The van der Waals surface area contributed by atoms with Crippen LogP contribution in [0.25, 0.3) is 0 Å². The molecule has 0 saturated carbocycles. The van der Waals surface area contributed by atoms with E-state index in [2.05, 4.69) is 25.8 Å². The van der Waals surface area contributed by atoms with Gasteiger partial charge in [0.25, 0.3) is 0 Å². The molecule has 0 aromatic carbocycles. The SMILES string of the molecule is C=CCSCC(CO)(CO)C(S)C(=C)C. The summed E-state index contributed by atoms with van der Waals surface area (Å²) in [4.78, 5) is 0. The predicted octanol–water partition coefficient (Wildman–Crippen LogP) is 1.75. The third-order valence-electron chi connectivity index (χ3n) is 2.30. The number of thiol groups is 1. The van der Waals surface area contributed by atoms with Gasteiger partial charge in [0.2, 0.25) is 0 Å². The van der Waals surface area contributed by atoms with Crippen LogP contribution >= 0.6 is 24.4 Å². The van der Waals surface area contributed by atoms with Gasteiger partial charge in [-0.3, -0.25) is 0 Å². The Morgan fingerprint density at radius 2 is 2.07 bits per heavy atom. The van der Waals surface area contributed by atoms with Crippen molar-refractivity contribution in [2.75, 3.05) is 24.7 Å². The van der Waals surface area contributed by atoms with E-state index in [9.17, 15) is 10.2 Å². The lowest BCUT2D eigenvalue weighted by atomic mass is 9.85. The largest absolute Gasteiger partial charge is 0.396 e. The fourth-order valence-electron chi connectivity index (χ4n) is 1.26. The molecule has 0 rings (SSSR count).